The monoisotopic (exact) mass is 599 g/mol. The molecule has 0 unspecified atom stereocenters. The van der Waals surface area contributed by atoms with Gasteiger partial charge in [-0.15, -0.1) is 10.2 Å². The summed E-state index contributed by atoms with van der Waals surface area (Å²) in [6.45, 7) is -0.880. The van der Waals surface area contributed by atoms with Crippen LogP contribution in [0, 0.1) is 0 Å². The van der Waals surface area contributed by atoms with Crippen LogP contribution in [0.15, 0.2) is 62.5 Å². The van der Waals surface area contributed by atoms with Crippen LogP contribution < -0.4 is 5.73 Å². The van der Waals surface area contributed by atoms with Crippen LogP contribution in [0.2, 0.25) is 0 Å². The maximum atomic E-state index is 12.3. The third kappa shape index (κ3) is 6.90. The van der Waals surface area contributed by atoms with Crippen molar-refractivity contribution in [3.05, 3.63) is 42.5 Å². The molecule has 0 aliphatic heterocycles. The van der Waals surface area contributed by atoms with Crippen molar-refractivity contribution in [3.8, 4) is 11.5 Å². The molecule has 0 amide bonds. The normalized spacial score (nSPS) is 12.6. The Kier molecular flexibility index (Phi) is 8.71. The summed E-state index contributed by atoms with van der Waals surface area (Å²) < 4.78 is 91.3. The first kappa shape index (κ1) is 29.4. The molecule has 3 rings (SSSR count). The number of sulfone groups is 1. The molecule has 3 aromatic carbocycles. The predicted molar refractivity (Wildman–Crippen MR) is 122 cm³/mol. The number of phenols is 2. The van der Waals surface area contributed by atoms with Gasteiger partial charge in [0.2, 0.25) is 0 Å². The Morgan fingerprint density at radius 2 is 1.56 bits per heavy atom. The van der Waals surface area contributed by atoms with Crippen LogP contribution in [-0.2, 0) is 51.9 Å². The van der Waals surface area contributed by atoms with Gasteiger partial charge in [0.1, 0.15) is 22.0 Å². The summed E-state index contributed by atoms with van der Waals surface area (Å²) in [4.78, 5) is -1.24. The van der Waals surface area contributed by atoms with Gasteiger partial charge in [0, 0.05) is 34.5 Å². The molecule has 0 heterocycles. The number of azo groups is 1. The second-order valence-electron chi connectivity index (χ2n) is 6.95. The van der Waals surface area contributed by atoms with Gasteiger partial charge >= 0.3 is 10.4 Å². The molecule has 0 aliphatic rings. The van der Waals surface area contributed by atoms with Crippen molar-refractivity contribution in [1.82, 2.24) is 0 Å². The first-order chi connectivity index (χ1) is 16.1. The van der Waals surface area contributed by atoms with Crippen molar-refractivity contribution in [2.75, 3.05) is 18.1 Å². The quantitative estimate of drug-likeness (QED) is 0.142. The van der Waals surface area contributed by atoms with E-state index in [2.05, 4.69) is 14.4 Å². The zero-order chi connectivity index (χ0) is 26.2. The van der Waals surface area contributed by atoms with Crippen LogP contribution in [0.3, 0.4) is 0 Å². The summed E-state index contributed by atoms with van der Waals surface area (Å²) in [6.07, 6.45) is 0. The number of anilines is 1. The number of hydrogen-bond donors (Lipinski definition) is 5. The number of aromatic hydroxyl groups is 2. The SMILES string of the molecule is Nc1ccc2c(O)c(N=Nc3ccc(S(=O)(=O)CCOS(=O)(=O)O)cc3O)c(S(=O)(=O)O)cc2c1.[Cr]. The molecule has 0 radical (unpaired) electrons. The summed E-state index contributed by atoms with van der Waals surface area (Å²) in [5.41, 5.74) is 4.93. The van der Waals surface area contributed by atoms with Crippen molar-refractivity contribution >= 4 is 58.2 Å². The molecule has 194 valence electrons. The first-order valence-electron chi connectivity index (χ1n) is 9.20. The van der Waals surface area contributed by atoms with Crippen LogP contribution in [0.4, 0.5) is 17.1 Å². The Hall–Kier alpha value is -2.82. The smallest absolute Gasteiger partial charge is 0.397 e. The van der Waals surface area contributed by atoms with E-state index in [0.29, 0.717) is 0 Å². The minimum Gasteiger partial charge on any atom is -0.506 e. The number of hydrogen-bond acceptors (Lipinski definition) is 12. The Morgan fingerprint density at radius 3 is 2.14 bits per heavy atom. The van der Waals surface area contributed by atoms with Gasteiger partial charge in [0.15, 0.2) is 15.6 Å². The van der Waals surface area contributed by atoms with Gasteiger partial charge < -0.3 is 15.9 Å². The van der Waals surface area contributed by atoms with E-state index >= 15 is 0 Å². The number of benzene rings is 3. The summed E-state index contributed by atoms with van der Waals surface area (Å²) in [5, 5.41) is 28.3. The molecule has 6 N–H and O–H groups in total. The van der Waals surface area contributed by atoms with E-state index in [1.807, 2.05) is 0 Å². The van der Waals surface area contributed by atoms with Crippen LogP contribution in [-0.4, -0.2) is 56.9 Å². The maximum absolute atomic E-state index is 12.3. The number of rotatable bonds is 8. The molecule has 0 fully saturated rings. The molecule has 0 aliphatic carbocycles. The molecule has 0 saturated carbocycles. The van der Waals surface area contributed by atoms with E-state index in [9.17, 15) is 40.0 Å². The van der Waals surface area contributed by atoms with Gasteiger partial charge in [0.05, 0.1) is 17.3 Å². The molecule has 0 atom stereocenters. The maximum Gasteiger partial charge on any atom is 0.397 e. The van der Waals surface area contributed by atoms with Gasteiger partial charge in [0.25, 0.3) is 10.1 Å². The summed E-state index contributed by atoms with van der Waals surface area (Å²) >= 11 is 0. The Labute approximate surface area is 215 Å². The third-order valence-corrected chi connectivity index (χ3v) is 7.51. The van der Waals surface area contributed by atoms with Crippen LogP contribution in [0.5, 0.6) is 11.5 Å². The van der Waals surface area contributed by atoms with E-state index in [-0.39, 0.29) is 39.5 Å². The second kappa shape index (κ2) is 10.7. The number of nitrogen functional groups attached to an aromatic ring is 1. The fourth-order valence-electron chi connectivity index (χ4n) is 2.92. The summed E-state index contributed by atoms with van der Waals surface area (Å²) in [6, 6.07) is 7.95. The number of phenolic OH excluding ortho intramolecular Hbond substituents is 2. The van der Waals surface area contributed by atoms with Crippen LogP contribution >= 0.6 is 0 Å². The zero-order valence-corrected chi connectivity index (χ0v) is 21.4. The topological polar surface area (TPSA) is 243 Å². The van der Waals surface area contributed by atoms with Crippen LogP contribution in [0.25, 0.3) is 10.8 Å². The zero-order valence-electron chi connectivity index (χ0n) is 17.7. The van der Waals surface area contributed by atoms with Crippen molar-refractivity contribution in [2.24, 2.45) is 10.2 Å². The van der Waals surface area contributed by atoms with Gasteiger partial charge in [-0.25, -0.2) is 12.6 Å². The van der Waals surface area contributed by atoms with Crippen molar-refractivity contribution < 1.29 is 66.1 Å². The fourth-order valence-corrected chi connectivity index (χ4v) is 5.08. The fraction of sp³-hybridized carbons (Fsp3) is 0.111. The minimum atomic E-state index is -4.89. The molecular weight excluding hydrogens is 582 g/mol. The van der Waals surface area contributed by atoms with Gasteiger partial charge in [-0.2, -0.15) is 16.8 Å². The molecule has 0 aromatic heterocycles. The average molecular weight is 600 g/mol. The minimum absolute atomic E-state index is 0. The van der Waals surface area contributed by atoms with Gasteiger partial charge in [-0.1, -0.05) is 0 Å². The standard InChI is InChI=1S/C18H17N3O11S3.Cr/c19-11-1-3-13-10(7-11)8-16(34(26,27)28)17(18(13)23)21-20-14-4-2-12(9-15(14)22)33(24,25)6-5-32-35(29,30)31;/h1-4,7-9,22-23H,5-6,19H2,(H,26,27,28)(H,29,30,31);. The third-order valence-electron chi connectivity index (χ3n) is 4.50. The first-order valence-corrected chi connectivity index (χ1v) is 13.7. The predicted octanol–water partition coefficient (Wildman–Crippen LogP) is 2.09. The molecule has 0 saturated heterocycles. The Bertz CT molecular complexity index is 1670. The molecule has 36 heavy (non-hydrogen) atoms. The molecule has 3 aromatic rings. The molecule has 0 spiro atoms. The van der Waals surface area contributed by atoms with Crippen molar-refractivity contribution in [1.29, 1.82) is 0 Å². The van der Waals surface area contributed by atoms with Gasteiger partial charge in [-0.3, -0.25) is 9.11 Å². The number of fused-ring (bicyclic) bond motifs is 1. The average Bonchev–Trinajstić information content (AvgIpc) is 2.71. The second-order valence-corrected chi connectivity index (χ2v) is 11.5. The van der Waals surface area contributed by atoms with E-state index in [0.717, 1.165) is 24.3 Å². The van der Waals surface area contributed by atoms with Crippen LogP contribution in [0.1, 0.15) is 0 Å². The van der Waals surface area contributed by atoms with E-state index < -0.39 is 69.7 Å². The van der Waals surface area contributed by atoms with E-state index in [1.54, 1.807) is 0 Å². The molecular formula is C18H17CrN3O11S3. The summed E-state index contributed by atoms with van der Waals surface area (Å²) in [5.74, 6) is -2.22. The summed E-state index contributed by atoms with van der Waals surface area (Å²) in [7, 11) is -13.9. The van der Waals surface area contributed by atoms with Crippen molar-refractivity contribution in [3.63, 3.8) is 0 Å². The number of nitrogens with zero attached hydrogens (tertiary/aromatic N) is 2. The Morgan fingerprint density at radius 1 is 0.889 bits per heavy atom. The van der Waals surface area contributed by atoms with E-state index in [1.165, 1.54) is 18.2 Å². The Balaban J connectivity index is 0.00000456. The number of nitrogens with two attached hydrogens (primary N) is 1. The van der Waals surface area contributed by atoms with Gasteiger partial charge in [-0.05, 0) is 41.8 Å². The molecule has 14 nitrogen and oxygen atoms in total. The molecule has 0 bridgehead atoms. The molecule has 18 heteroatoms. The van der Waals surface area contributed by atoms with Crippen molar-refractivity contribution in [2.45, 2.75) is 9.79 Å². The van der Waals surface area contributed by atoms with E-state index in [4.69, 9.17) is 10.3 Å². The largest absolute Gasteiger partial charge is 0.506 e.